The maximum absolute atomic E-state index is 13.3. The lowest BCUT2D eigenvalue weighted by Crippen LogP contribution is -2.56. The smallest absolute Gasteiger partial charge is 0.410 e. The molecule has 1 aromatic carbocycles. The van der Waals surface area contributed by atoms with Gasteiger partial charge < -0.3 is 29.5 Å². The van der Waals surface area contributed by atoms with Crippen LogP contribution in [0.2, 0.25) is 0 Å². The van der Waals surface area contributed by atoms with E-state index in [4.69, 9.17) is 9.47 Å². The lowest BCUT2D eigenvalue weighted by Gasteiger charge is -2.40. The van der Waals surface area contributed by atoms with Crippen molar-refractivity contribution in [2.24, 2.45) is 0 Å². The van der Waals surface area contributed by atoms with Gasteiger partial charge in [-0.25, -0.2) is 23.2 Å². The number of carbonyl (C=O) groups is 2. The van der Waals surface area contributed by atoms with Crippen LogP contribution in [-0.2, 0) is 14.6 Å². The molecule has 2 amide bonds. The Labute approximate surface area is 334 Å². The van der Waals surface area contributed by atoms with Gasteiger partial charge in [0.15, 0.2) is 9.84 Å². The summed E-state index contributed by atoms with van der Waals surface area (Å²) in [5.41, 5.74) is 1.99. The van der Waals surface area contributed by atoms with Crippen LogP contribution >= 0.6 is 0 Å². The number of benzene rings is 1. The van der Waals surface area contributed by atoms with Crippen molar-refractivity contribution in [3.8, 4) is 6.01 Å². The van der Waals surface area contributed by atoms with Crippen molar-refractivity contribution in [2.75, 3.05) is 69.2 Å². The lowest BCUT2D eigenvalue weighted by atomic mass is 10.2. The van der Waals surface area contributed by atoms with Crippen molar-refractivity contribution >= 4 is 50.2 Å². The molecule has 57 heavy (non-hydrogen) atoms. The zero-order valence-corrected chi connectivity index (χ0v) is 35.2. The molecule has 0 radical (unpaired) electrons. The fourth-order valence-corrected chi connectivity index (χ4v) is 7.87. The summed E-state index contributed by atoms with van der Waals surface area (Å²) in [7, 11) is -3.61. The number of amides is 2. The first-order chi connectivity index (χ1) is 26.8. The monoisotopic (exact) mass is 805 g/mol. The van der Waals surface area contributed by atoms with Crippen molar-refractivity contribution in [2.45, 2.75) is 90.0 Å². The molecule has 1 atom stereocenters. The fourth-order valence-electron chi connectivity index (χ4n) is 6.64. The number of carbonyl (C=O) groups excluding carboxylic acids is 2. The quantitative estimate of drug-likeness (QED) is 0.209. The summed E-state index contributed by atoms with van der Waals surface area (Å²) in [4.78, 5) is 52.3. The number of hydrogen-bond acceptors (Lipinski definition) is 14. The fraction of sp³-hybridized carbons (Fsp3) is 0.564. The summed E-state index contributed by atoms with van der Waals surface area (Å²) in [6, 6.07) is 4.88. The minimum absolute atomic E-state index is 0.186. The molecule has 0 saturated carbocycles. The number of piperazine rings is 2. The van der Waals surface area contributed by atoms with Gasteiger partial charge >= 0.3 is 12.1 Å². The largest absolute Gasteiger partial charge is 0.463 e. The topological polar surface area (TPSA) is 192 Å². The van der Waals surface area contributed by atoms with Crippen molar-refractivity contribution in [3.05, 3.63) is 47.5 Å². The second-order valence-electron chi connectivity index (χ2n) is 16.6. The first-order valence-corrected chi connectivity index (χ1v) is 20.8. The summed E-state index contributed by atoms with van der Waals surface area (Å²) < 4.78 is 37.2. The van der Waals surface area contributed by atoms with Gasteiger partial charge in [-0.05, 0) is 86.9 Å². The predicted octanol–water partition coefficient (Wildman–Crippen LogP) is 4.75. The Morgan fingerprint density at radius 1 is 0.965 bits per heavy atom. The summed E-state index contributed by atoms with van der Waals surface area (Å²) >= 11 is 0. The summed E-state index contributed by atoms with van der Waals surface area (Å²) in [5.74, 6) is 1.58. The van der Waals surface area contributed by atoms with Gasteiger partial charge in [-0.3, -0.25) is 14.8 Å². The highest BCUT2D eigenvalue weighted by molar-refractivity contribution is 7.92. The zero-order chi connectivity index (χ0) is 41.3. The minimum Gasteiger partial charge on any atom is -0.463 e. The van der Waals surface area contributed by atoms with Gasteiger partial charge in [-0.2, -0.15) is 15.1 Å². The second-order valence-corrected chi connectivity index (χ2v) is 19.4. The third-order valence-electron chi connectivity index (χ3n) is 10.2. The van der Waals surface area contributed by atoms with Gasteiger partial charge in [0.2, 0.25) is 0 Å². The number of fused-ring (bicyclic) bond motifs is 1. The van der Waals surface area contributed by atoms with Gasteiger partial charge in [-0.15, -0.1) is 0 Å². The molecule has 2 aliphatic rings. The average Bonchev–Trinajstić information content (AvgIpc) is 3.47. The van der Waals surface area contributed by atoms with Gasteiger partial charge in [-0.1, -0.05) is 0 Å². The molecule has 2 aliphatic heterocycles. The molecule has 0 spiro atoms. The van der Waals surface area contributed by atoms with E-state index < -0.39 is 20.2 Å². The lowest BCUT2D eigenvalue weighted by molar-refractivity contribution is 0.00189. The molecule has 4 aromatic rings. The third-order valence-corrected chi connectivity index (χ3v) is 12.7. The molecule has 2 N–H and O–H groups in total. The molecule has 2 saturated heterocycles. The molecule has 1 unspecified atom stereocenters. The standard InChI is InChI=1S/C39H55N11O6S/c1-25-24-49(18-19-50(25)37(52)56-38(4,5)6)35(51)31-22-41-32(23-40-31)48-16-14-47(15-17-48)13-10-20-55-36-42-30-12-11-28(57(53,54)39(7,8)9)21-29(30)34(44-36)43-33-26(2)27(3)45-46-33/h11-12,21-23,25H,10,13-20,24H2,1-9H3,(H2,42,43,44,45,46). The molecular formula is C39H55N11O6S. The maximum Gasteiger partial charge on any atom is 0.410 e. The highest BCUT2D eigenvalue weighted by atomic mass is 32.2. The Kier molecular flexibility index (Phi) is 12.0. The highest BCUT2D eigenvalue weighted by Gasteiger charge is 2.34. The van der Waals surface area contributed by atoms with Crippen LogP contribution in [0.5, 0.6) is 6.01 Å². The minimum atomic E-state index is -3.61. The van der Waals surface area contributed by atoms with E-state index in [1.165, 1.54) is 6.20 Å². The number of anilines is 3. The van der Waals surface area contributed by atoms with E-state index >= 15 is 0 Å². The van der Waals surface area contributed by atoms with Crippen molar-refractivity contribution in [1.29, 1.82) is 0 Å². The molecule has 18 heteroatoms. The normalized spacial score (nSPS) is 17.2. The number of rotatable bonds is 10. The number of hydrogen-bond donors (Lipinski definition) is 2. The van der Waals surface area contributed by atoms with Crippen LogP contribution < -0.4 is 15.0 Å². The van der Waals surface area contributed by atoms with E-state index in [2.05, 4.69) is 45.2 Å². The summed E-state index contributed by atoms with van der Waals surface area (Å²) in [6.45, 7) is 21.8. The molecule has 2 fully saturated rings. The molecule has 0 aliphatic carbocycles. The van der Waals surface area contributed by atoms with Crippen molar-refractivity contribution < 1.29 is 27.5 Å². The van der Waals surface area contributed by atoms with Crippen LogP contribution in [0.1, 0.15) is 76.6 Å². The second kappa shape index (κ2) is 16.4. The Bertz CT molecular complexity index is 2190. The first-order valence-electron chi connectivity index (χ1n) is 19.4. The number of nitrogens with one attached hydrogen (secondary N) is 2. The van der Waals surface area contributed by atoms with Crippen molar-refractivity contribution in [1.82, 2.24) is 44.8 Å². The highest BCUT2D eigenvalue weighted by Crippen LogP contribution is 2.32. The van der Waals surface area contributed by atoms with Crippen LogP contribution in [-0.4, -0.2) is 141 Å². The van der Waals surface area contributed by atoms with Crippen LogP contribution in [0, 0.1) is 13.8 Å². The van der Waals surface area contributed by atoms with Gasteiger partial charge in [0, 0.05) is 69.3 Å². The zero-order valence-electron chi connectivity index (χ0n) is 34.4. The summed E-state index contributed by atoms with van der Waals surface area (Å²) in [6.07, 6.45) is 3.56. The van der Waals surface area contributed by atoms with E-state index in [0.717, 1.165) is 56.2 Å². The van der Waals surface area contributed by atoms with Crippen LogP contribution in [0.4, 0.5) is 22.2 Å². The van der Waals surface area contributed by atoms with Crippen molar-refractivity contribution in [3.63, 3.8) is 0 Å². The molecule has 308 valence electrons. The number of aryl methyl sites for hydroxylation is 1. The molecule has 3 aromatic heterocycles. The summed E-state index contributed by atoms with van der Waals surface area (Å²) in [5, 5.41) is 11.1. The first kappa shape index (κ1) is 41.5. The Morgan fingerprint density at radius 2 is 1.70 bits per heavy atom. The number of ether oxygens (including phenoxy) is 2. The van der Waals surface area contributed by atoms with E-state index in [-0.39, 0.29) is 34.6 Å². The van der Waals surface area contributed by atoms with Gasteiger partial charge in [0.05, 0.1) is 39.9 Å². The Morgan fingerprint density at radius 3 is 2.32 bits per heavy atom. The van der Waals surface area contributed by atoms with E-state index in [1.54, 1.807) is 55.0 Å². The third kappa shape index (κ3) is 9.55. The number of sulfone groups is 1. The Balaban J connectivity index is 1.00. The molecule has 0 bridgehead atoms. The van der Waals surface area contributed by atoms with E-state index in [1.807, 2.05) is 41.5 Å². The number of aromatic nitrogens is 6. The number of nitrogens with zero attached hydrogens (tertiary/aromatic N) is 9. The SMILES string of the molecule is Cc1n[nH]c(Nc2nc(OCCCN3CCN(c4cnc(C(=O)N5CCN(C(=O)OC(C)(C)C)C(C)C5)cn4)CC3)nc3ccc(S(=O)(=O)C(C)(C)C)cc23)c1C. The van der Waals surface area contributed by atoms with Gasteiger partial charge in [0.1, 0.15) is 28.7 Å². The van der Waals surface area contributed by atoms with E-state index in [9.17, 15) is 18.0 Å². The molecule has 5 heterocycles. The van der Waals surface area contributed by atoms with E-state index in [0.29, 0.717) is 48.8 Å². The van der Waals surface area contributed by atoms with Crippen LogP contribution in [0.15, 0.2) is 35.5 Å². The van der Waals surface area contributed by atoms with Crippen LogP contribution in [0.25, 0.3) is 10.9 Å². The van der Waals surface area contributed by atoms with Crippen LogP contribution in [0.3, 0.4) is 0 Å². The average molecular weight is 806 g/mol. The Hall–Kier alpha value is -5.10. The predicted molar refractivity (Wildman–Crippen MR) is 217 cm³/mol. The number of aromatic amines is 1. The molecule has 17 nitrogen and oxygen atoms in total. The molecule has 6 rings (SSSR count). The maximum atomic E-state index is 13.3. The van der Waals surface area contributed by atoms with Gasteiger partial charge in [0.25, 0.3) is 5.91 Å². The number of H-pyrrole nitrogens is 1. The molecular weight excluding hydrogens is 751 g/mol.